The number of ether oxygens (including phenoxy) is 1. The van der Waals surface area contributed by atoms with Crippen molar-refractivity contribution in [1.29, 1.82) is 0 Å². The van der Waals surface area contributed by atoms with Crippen molar-refractivity contribution in [3.63, 3.8) is 0 Å². The number of nitrogen functional groups attached to an aromatic ring is 1. The predicted octanol–water partition coefficient (Wildman–Crippen LogP) is 2.54. The van der Waals surface area contributed by atoms with E-state index in [0.29, 0.717) is 49.5 Å². The average molecular weight is 426 g/mol. The lowest BCUT2D eigenvalue weighted by Crippen LogP contribution is -2.28. The van der Waals surface area contributed by atoms with E-state index >= 15 is 0 Å². The van der Waals surface area contributed by atoms with Crippen molar-refractivity contribution < 1.29 is 13.9 Å². The molecule has 3 aromatic rings. The van der Waals surface area contributed by atoms with E-state index in [-0.39, 0.29) is 17.6 Å². The number of carbonyl (C=O) groups is 1. The molecule has 9 heteroatoms. The van der Waals surface area contributed by atoms with Gasteiger partial charge in [-0.25, -0.2) is 4.98 Å². The van der Waals surface area contributed by atoms with Gasteiger partial charge in [-0.05, 0) is 35.6 Å². The van der Waals surface area contributed by atoms with Crippen LogP contribution in [0.25, 0.3) is 11.2 Å². The maximum atomic E-state index is 13.9. The molecule has 164 valence electrons. The number of rotatable bonds is 7. The number of carbonyl (C=O) groups excluding carboxylic acids is 1. The first-order valence-electron chi connectivity index (χ1n) is 10.5. The molecular weight excluding hydrogens is 399 g/mol. The van der Waals surface area contributed by atoms with Crippen molar-refractivity contribution in [3.05, 3.63) is 40.7 Å². The molecule has 31 heavy (non-hydrogen) atoms. The van der Waals surface area contributed by atoms with Crippen molar-refractivity contribution in [2.24, 2.45) is 5.92 Å². The fourth-order valence-corrected chi connectivity index (χ4v) is 3.91. The largest absolute Gasteiger partial charge is 0.493 e. The van der Waals surface area contributed by atoms with E-state index in [2.05, 4.69) is 33.3 Å². The molecule has 0 saturated heterocycles. The third kappa shape index (κ3) is 4.45. The molecule has 1 amide bonds. The summed E-state index contributed by atoms with van der Waals surface area (Å²) in [6, 6.07) is 4.19. The third-order valence-electron chi connectivity index (χ3n) is 5.42. The molecule has 1 aliphatic heterocycles. The number of benzene rings is 1. The van der Waals surface area contributed by atoms with E-state index in [9.17, 15) is 9.18 Å². The molecule has 3 N–H and O–H groups in total. The summed E-state index contributed by atoms with van der Waals surface area (Å²) in [6.07, 6.45) is 0.968. The lowest BCUT2D eigenvalue weighted by atomic mass is 10.0. The maximum Gasteiger partial charge on any atom is 0.312 e. The number of anilines is 1. The molecule has 1 aliphatic rings. The van der Waals surface area contributed by atoms with E-state index < -0.39 is 6.08 Å². The molecule has 4 rings (SSSR count). The molecule has 0 spiro atoms. The average Bonchev–Trinajstić information content (AvgIpc) is 3.26. The van der Waals surface area contributed by atoms with Crippen LogP contribution < -0.4 is 15.8 Å². The van der Waals surface area contributed by atoms with Crippen LogP contribution in [0.4, 0.5) is 10.2 Å². The maximum absolute atomic E-state index is 13.9. The minimum absolute atomic E-state index is 0.000326. The summed E-state index contributed by atoms with van der Waals surface area (Å²) in [7, 11) is 0. The molecule has 8 nitrogen and oxygen atoms in total. The molecule has 2 aromatic heterocycles. The van der Waals surface area contributed by atoms with Gasteiger partial charge in [-0.3, -0.25) is 4.79 Å². The van der Waals surface area contributed by atoms with Gasteiger partial charge in [0.05, 0.1) is 6.61 Å². The van der Waals surface area contributed by atoms with Gasteiger partial charge in [0, 0.05) is 32.4 Å². The highest BCUT2D eigenvalue weighted by molar-refractivity contribution is 5.82. The molecule has 3 heterocycles. The quantitative estimate of drug-likeness (QED) is 0.562. The minimum Gasteiger partial charge on any atom is -0.493 e. The molecule has 0 fully saturated rings. The van der Waals surface area contributed by atoms with Crippen molar-refractivity contribution >= 4 is 22.9 Å². The van der Waals surface area contributed by atoms with Crippen LogP contribution in [-0.2, 0) is 24.2 Å². The van der Waals surface area contributed by atoms with Gasteiger partial charge in [-0.1, -0.05) is 19.9 Å². The summed E-state index contributed by atoms with van der Waals surface area (Å²) in [5, 5.41) is 2.91. The Morgan fingerprint density at radius 1 is 1.32 bits per heavy atom. The van der Waals surface area contributed by atoms with E-state index in [1.165, 1.54) is 5.56 Å². The number of aryl methyl sites for hydroxylation is 1. The summed E-state index contributed by atoms with van der Waals surface area (Å²) in [6.45, 7) is 7.51. The zero-order chi connectivity index (χ0) is 22.1. The van der Waals surface area contributed by atoms with Crippen LogP contribution in [0.3, 0.4) is 0 Å². The first-order valence-corrected chi connectivity index (χ1v) is 10.5. The number of fused-ring (bicyclic) bond motifs is 2. The molecular formula is C22H27FN6O2. The summed E-state index contributed by atoms with van der Waals surface area (Å²) in [5.41, 5.74) is 10.0. The molecule has 0 aliphatic carbocycles. The number of halogens is 1. The Balaban J connectivity index is 1.65. The van der Waals surface area contributed by atoms with Crippen molar-refractivity contribution in [2.45, 2.75) is 46.6 Å². The number of aromatic nitrogens is 4. The van der Waals surface area contributed by atoms with Gasteiger partial charge in [0.2, 0.25) is 5.91 Å². The van der Waals surface area contributed by atoms with Gasteiger partial charge < -0.3 is 20.4 Å². The van der Waals surface area contributed by atoms with Crippen molar-refractivity contribution in [1.82, 2.24) is 24.8 Å². The molecule has 0 saturated carbocycles. The lowest BCUT2D eigenvalue weighted by Gasteiger charge is -2.12. The van der Waals surface area contributed by atoms with E-state index in [0.717, 1.165) is 23.3 Å². The lowest BCUT2D eigenvalue weighted by molar-refractivity contribution is -0.121. The Kier molecular flexibility index (Phi) is 5.75. The van der Waals surface area contributed by atoms with Crippen LogP contribution in [0, 0.1) is 18.9 Å². The molecule has 0 unspecified atom stereocenters. The zero-order valence-electron chi connectivity index (χ0n) is 18.0. The highest BCUT2D eigenvalue weighted by Crippen LogP contribution is 2.30. The molecule has 0 radical (unpaired) electrons. The van der Waals surface area contributed by atoms with E-state index in [1.54, 1.807) is 4.57 Å². The third-order valence-corrected chi connectivity index (χ3v) is 5.42. The second-order valence-corrected chi connectivity index (χ2v) is 8.34. The number of hydrogen-bond donors (Lipinski definition) is 2. The number of hydrogen-bond acceptors (Lipinski definition) is 6. The highest BCUT2D eigenvalue weighted by atomic mass is 19.1. The monoisotopic (exact) mass is 426 g/mol. The van der Waals surface area contributed by atoms with Crippen LogP contribution in [0.1, 0.15) is 42.8 Å². The zero-order valence-corrected chi connectivity index (χ0v) is 18.0. The topological polar surface area (TPSA) is 108 Å². The standard InChI is InChI=1S/C22H27FN6O2/c1-12(2)8-18(30)25-5-6-29-17(26-19-20(24)27-22(23)28-21(19)29)11-15-10-16-14(4-7-31-16)9-13(15)3/h9-10,12H,4-8,11H2,1-3H3,(H,25,30)(H2,24,27,28). The Morgan fingerprint density at radius 2 is 2.13 bits per heavy atom. The van der Waals surface area contributed by atoms with Crippen LogP contribution in [0.5, 0.6) is 5.75 Å². The van der Waals surface area contributed by atoms with E-state index in [1.807, 2.05) is 19.9 Å². The Hall–Kier alpha value is -3.23. The Morgan fingerprint density at radius 3 is 2.90 bits per heavy atom. The SMILES string of the molecule is Cc1cc2c(cc1Cc1nc3c(N)nc(F)nc3n1CCNC(=O)CC(C)C)OCC2. The Bertz CT molecular complexity index is 1140. The fraction of sp³-hybridized carbons (Fsp3) is 0.455. The van der Waals surface area contributed by atoms with E-state index in [4.69, 9.17) is 10.5 Å². The second-order valence-electron chi connectivity index (χ2n) is 8.34. The summed E-state index contributed by atoms with van der Waals surface area (Å²) >= 11 is 0. The molecule has 0 atom stereocenters. The first-order chi connectivity index (χ1) is 14.8. The van der Waals surface area contributed by atoms with Crippen LogP contribution in [-0.4, -0.2) is 38.6 Å². The number of nitrogens with one attached hydrogen (secondary N) is 1. The smallest absolute Gasteiger partial charge is 0.312 e. The van der Waals surface area contributed by atoms with Gasteiger partial charge in [-0.2, -0.15) is 14.4 Å². The summed E-state index contributed by atoms with van der Waals surface area (Å²) < 4.78 is 21.4. The van der Waals surface area contributed by atoms with Crippen molar-refractivity contribution in [3.8, 4) is 5.75 Å². The second kappa shape index (κ2) is 8.49. The van der Waals surface area contributed by atoms with Crippen LogP contribution in [0.2, 0.25) is 0 Å². The van der Waals surface area contributed by atoms with Crippen molar-refractivity contribution in [2.75, 3.05) is 18.9 Å². The van der Waals surface area contributed by atoms with Gasteiger partial charge in [0.1, 0.15) is 11.6 Å². The molecule has 1 aromatic carbocycles. The van der Waals surface area contributed by atoms with Gasteiger partial charge in [0.15, 0.2) is 17.0 Å². The normalized spacial score (nSPS) is 12.9. The number of nitrogens with two attached hydrogens (primary N) is 1. The predicted molar refractivity (Wildman–Crippen MR) is 115 cm³/mol. The number of nitrogens with zero attached hydrogens (tertiary/aromatic N) is 4. The Labute approximate surface area is 180 Å². The summed E-state index contributed by atoms with van der Waals surface area (Å²) in [5.74, 6) is 1.83. The molecule has 0 bridgehead atoms. The summed E-state index contributed by atoms with van der Waals surface area (Å²) in [4.78, 5) is 24.2. The number of imidazole rings is 1. The first kappa shape index (κ1) is 21.0. The van der Waals surface area contributed by atoms with Crippen LogP contribution >= 0.6 is 0 Å². The van der Waals surface area contributed by atoms with Gasteiger partial charge in [-0.15, -0.1) is 0 Å². The van der Waals surface area contributed by atoms with Gasteiger partial charge in [0.25, 0.3) is 0 Å². The number of amides is 1. The minimum atomic E-state index is -0.899. The fourth-order valence-electron chi connectivity index (χ4n) is 3.91. The highest BCUT2D eigenvalue weighted by Gasteiger charge is 2.20. The van der Waals surface area contributed by atoms with Gasteiger partial charge >= 0.3 is 6.08 Å². The van der Waals surface area contributed by atoms with Crippen LogP contribution in [0.15, 0.2) is 12.1 Å².